The van der Waals surface area contributed by atoms with E-state index in [0.717, 1.165) is 32.1 Å². The van der Waals surface area contributed by atoms with Crippen molar-refractivity contribution in [2.45, 2.75) is 38.5 Å². The molecule has 0 saturated carbocycles. The van der Waals surface area contributed by atoms with E-state index in [4.69, 9.17) is 31.9 Å². The fourth-order valence-electron chi connectivity index (χ4n) is 4.25. The van der Waals surface area contributed by atoms with Crippen LogP contribution in [-0.2, 0) is 9.53 Å². The van der Waals surface area contributed by atoms with Crippen molar-refractivity contribution in [3.05, 3.63) is 82.5 Å². The predicted octanol–water partition coefficient (Wildman–Crippen LogP) is 5.59. The summed E-state index contributed by atoms with van der Waals surface area (Å²) in [6.45, 7) is 0.263. The van der Waals surface area contributed by atoms with Crippen molar-refractivity contribution < 1.29 is 23.9 Å². The first-order chi connectivity index (χ1) is 22.1. The van der Waals surface area contributed by atoms with Crippen LogP contribution in [0.3, 0.4) is 0 Å². The minimum atomic E-state index is -0.561. The molecule has 0 spiro atoms. The summed E-state index contributed by atoms with van der Waals surface area (Å²) in [4.78, 5) is 44.5. The van der Waals surface area contributed by atoms with Gasteiger partial charge < -0.3 is 30.3 Å². The number of carbonyl (C=O) groups is 3. The SMILES string of the molecule is COC(=N)CCCCCCCNC(=O)COc1ccc(NC(=O)c2ccc(C(=N)N(C)C)cc2)c(C(=O)Nc2ccc(Cl)cn2)c1. The summed E-state index contributed by atoms with van der Waals surface area (Å²) in [6.07, 6.45) is 6.73. The van der Waals surface area contributed by atoms with Crippen LogP contribution in [0.2, 0.25) is 5.02 Å². The summed E-state index contributed by atoms with van der Waals surface area (Å²) < 4.78 is 10.5. The molecule has 0 radical (unpaired) electrons. The highest BCUT2D eigenvalue weighted by Gasteiger charge is 2.18. The zero-order chi connectivity index (χ0) is 33.5. The van der Waals surface area contributed by atoms with E-state index >= 15 is 0 Å². The van der Waals surface area contributed by atoms with E-state index in [2.05, 4.69) is 20.9 Å². The van der Waals surface area contributed by atoms with Crippen LogP contribution in [0.4, 0.5) is 11.5 Å². The molecule has 244 valence electrons. The molecular weight excluding hydrogens is 610 g/mol. The molecule has 1 aromatic heterocycles. The molecule has 1 heterocycles. The number of aromatic nitrogens is 1. The summed E-state index contributed by atoms with van der Waals surface area (Å²) in [6, 6.07) is 14.2. The molecule has 3 aromatic rings. The minimum Gasteiger partial charge on any atom is -0.484 e. The van der Waals surface area contributed by atoms with Gasteiger partial charge in [-0.15, -0.1) is 0 Å². The first-order valence-electron chi connectivity index (χ1n) is 14.8. The van der Waals surface area contributed by atoms with Crippen LogP contribution in [-0.4, -0.2) is 73.7 Å². The molecule has 2 aromatic carbocycles. The first kappa shape index (κ1) is 35.5. The van der Waals surface area contributed by atoms with Gasteiger partial charge in [0.05, 0.1) is 23.4 Å². The van der Waals surface area contributed by atoms with Gasteiger partial charge in [-0.2, -0.15) is 0 Å². The highest BCUT2D eigenvalue weighted by molar-refractivity contribution is 6.30. The van der Waals surface area contributed by atoms with Crippen molar-refractivity contribution in [3.8, 4) is 5.75 Å². The number of nitrogens with zero attached hydrogens (tertiary/aromatic N) is 2. The van der Waals surface area contributed by atoms with Crippen LogP contribution in [0.5, 0.6) is 5.75 Å². The summed E-state index contributed by atoms with van der Waals surface area (Å²) in [5.41, 5.74) is 1.30. The Morgan fingerprint density at radius 2 is 1.57 bits per heavy atom. The summed E-state index contributed by atoms with van der Waals surface area (Å²) in [5.74, 6) is -0.200. The normalized spacial score (nSPS) is 10.4. The van der Waals surface area contributed by atoms with Crippen LogP contribution in [0, 0.1) is 10.8 Å². The third kappa shape index (κ3) is 11.5. The van der Waals surface area contributed by atoms with Crippen molar-refractivity contribution >= 4 is 52.6 Å². The van der Waals surface area contributed by atoms with Crippen LogP contribution in [0.1, 0.15) is 64.8 Å². The van der Waals surface area contributed by atoms with Gasteiger partial charge in [0.1, 0.15) is 17.4 Å². The third-order valence-corrected chi connectivity index (χ3v) is 7.06. The summed E-state index contributed by atoms with van der Waals surface area (Å²) in [7, 11) is 5.03. The van der Waals surface area contributed by atoms with Crippen LogP contribution in [0.15, 0.2) is 60.8 Å². The Balaban J connectivity index is 1.62. The van der Waals surface area contributed by atoms with Gasteiger partial charge in [0.2, 0.25) is 0 Å². The number of nitrogens with one attached hydrogen (secondary N) is 5. The number of hydrogen-bond acceptors (Lipinski definition) is 8. The molecule has 46 heavy (non-hydrogen) atoms. The second-order valence-electron chi connectivity index (χ2n) is 10.6. The highest BCUT2D eigenvalue weighted by atomic mass is 35.5. The largest absolute Gasteiger partial charge is 0.484 e. The second-order valence-corrected chi connectivity index (χ2v) is 11.0. The molecule has 0 fully saturated rings. The molecule has 13 heteroatoms. The second kappa shape index (κ2) is 18.1. The maximum absolute atomic E-state index is 13.3. The molecule has 3 rings (SSSR count). The van der Waals surface area contributed by atoms with E-state index in [1.807, 2.05) is 0 Å². The molecule has 0 bridgehead atoms. The molecule has 0 unspecified atom stereocenters. The van der Waals surface area contributed by atoms with Crippen LogP contribution < -0.4 is 20.7 Å². The standard InChI is InChI=1S/C33H40ClN7O5/c1-41(2)31(36)22-10-12-23(13-11-22)32(43)39-27-16-15-25(19-26(27)33(44)40-29-17-14-24(34)20-38-29)46-21-30(42)37-18-8-6-4-5-7-9-28(35)45-3/h10-17,19-20,35-36H,4-9,18,21H2,1-3H3,(H,37,42)(H,39,43)(H,38,40,44). The van der Waals surface area contributed by atoms with Gasteiger partial charge in [0, 0.05) is 44.4 Å². The van der Waals surface area contributed by atoms with Gasteiger partial charge in [-0.25, -0.2) is 4.98 Å². The Morgan fingerprint density at radius 1 is 0.870 bits per heavy atom. The summed E-state index contributed by atoms with van der Waals surface area (Å²) >= 11 is 5.91. The average molecular weight is 650 g/mol. The minimum absolute atomic E-state index is 0.0923. The zero-order valence-corrected chi connectivity index (χ0v) is 27.0. The van der Waals surface area contributed by atoms with Gasteiger partial charge in [-0.3, -0.25) is 25.2 Å². The van der Waals surface area contributed by atoms with Crippen molar-refractivity contribution in [1.29, 1.82) is 10.8 Å². The molecule has 0 saturated heterocycles. The number of anilines is 2. The Bertz CT molecular complexity index is 1510. The maximum atomic E-state index is 13.3. The monoisotopic (exact) mass is 649 g/mol. The fraction of sp³-hybridized carbons (Fsp3) is 0.333. The number of methoxy groups -OCH3 is 1. The van der Waals surface area contributed by atoms with Crippen molar-refractivity contribution in [3.63, 3.8) is 0 Å². The molecule has 3 amide bonds. The molecule has 0 aliphatic rings. The Morgan fingerprint density at radius 3 is 2.24 bits per heavy atom. The Kier molecular flexibility index (Phi) is 14.0. The van der Waals surface area contributed by atoms with E-state index in [9.17, 15) is 14.4 Å². The maximum Gasteiger partial charge on any atom is 0.259 e. The number of amides is 3. The number of rotatable bonds is 16. The first-order valence-corrected chi connectivity index (χ1v) is 15.2. The van der Waals surface area contributed by atoms with Crippen LogP contribution in [0.25, 0.3) is 0 Å². The lowest BCUT2D eigenvalue weighted by molar-refractivity contribution is -0.123. The van der Waals surface area contributed by atoms with Gasteiger partial charge in [0.15, 0.2) is 12.5 Å². The number of amidine groups is 1. The van der Waals surface area contributed by atoms with Gasteiger partial charge >= 0.3 is 0 Å². The predicted molar refractivity (Wildman–Crippen MR) is 179 cm³/mol. The lowest BCUT2D eigenvalue weighted by Crippen LogP contribution is -2.29. The molecular formula is C33H40ClN7O5. The Hall–Kier alpha value is -4.97. The van der Waals surface area contributed by atoms with Crippen molar-refractivity contribution in [2.75, 3.05) is 45.0 Å². The van der Waals surface area contributed by atoms with E-state index in [-0.39, 0.29) is 35.3 Å². The van der Waals surface area contributed by atoms with Crippen molar-refractivity contribution in [2.24, 2.45) is 0 Å². The molecule has 0 aliphatic carbocycles. The third-order valence-electron chi connectivity index (χ3n) is 6.84. The number of halogens is 1. The Labute approximate surface area is 273 Å². The fourth-order valence-corrected chi connectivity index (χ4v) is 4.36. The van der Waals surface area contributed by atoms with Gasteiger partial charge in [-0.05, 0) is 55.3 Å². The topological polar surface area (TPSA) is 170 Å². The lowest BCUT2D eigenvalue weighted by atomic mass is 10.1. The van der Waals surface area contributed by atoms with Gasteiger partial charge in [0.25, 0.3) is 17.7 Å². The van der Waals surface area contributed by atoms with E-state index in [1.165, 1.54) is 25.4 Å². The number of carbonyl (C=O) groups excluding carboxylic acids is 3. The lowest BCUT2D eigenvalue weighted by Gasteiger charge is -2.15. The molecule has 5 N–H and O–H groups in total. The molecule has 12 nitrogen and oxygen atoms in total. The number of ether oxygens (including phenoxy) is 2. The quantitative estimate of drug-likeness (QED) is 0.0765. The zero-order valence-electron chi connectivity index (χ0n) is 26.2. The van der Waals surface area contributed by atoms with E-state index in [0.29, 0.717) is 40.8 Å². The van der Waals surface area contributed by atoms with E-state index in [1.54, 1.807) is 61.5 Å². The number of pyridine rings is 1. The average Bonchev–Trinajstić information content (AvgIpc) is 3.05. The van der Waals surface area contributed by atoms with E-state index < -0.39 is 11.8 Å². The smallest absolute Gasteiger partial charge is 0.259 e. The summed E-state index contributed by atoms with van der Waals surface area (Å²) in [5, 5.41) is 24.3. The number of benzene rings is 2. The highest BCUT2D eigenvalue weighted by Crippen LogP contribution is 2.25. The number of hydrogen-bond donors (Lipinski definition) is 5. The van der Waals surface area contributed by atoms with Gasteiger partial charge in [-0.1, -0.05) is 43.0 Å². The number of unbranched alkanes of at least 4 members (excludes halogenated alkanes) is 4. The van der Waals surface area contributed by atoms with Crippen molar-refractivity contribution in [1.82, 2.24) is 15.2 Å². The molecule has 0 aliphatic heterocycles. The molecule has 0 atom stereocenters. The van der Waals surface area contributed by atoms with Crippen LogP contribution >= 0.6 is 11.6 Å².